The van der Waals surface area contributed by atoms with Gasteiger partial charge in [-0.05, 0) is 25.8 Å². The Morgan fingerprint density at radius 1 is 1.46 bits per heavy atom. The lowest BCUT2D eigenvalue weighted by atomic mass is 10.2. The normalized spacial score (nSPS) is 9.69. The van der Waals surface area contributed by atoms with Gasteiger partial charge in [0, 0.05) is 5.57 Å². The Kier molecular flexibility index (Phi) is 7.30. The van der Waals surface area contributed by atoms with Crippen molar-refractivity contribution in [1.29, 1.82) is 0 Å². The quantitative estimate of drug-likeness (QED) is 0.372. The van der Waals surface area contributed by atoms with Crippen molar-refractivity contribution in [3.8, 4) is 0 Å². The number of rotatable bonds is 7. The number of unbranched alkanes of at least 4 members (excludes halogenated alkanes) is 1. The zero-order valence-electron chi connectivity index (χ0n) is 8.34. The molecule has 0 radical (unpaired) electrons. The van der Waals surface area contributed by atoms with Gasteiger partial charge in [0.05, 0.1) is 6.61 Å². The number of hydrogen-bond donors (Lipinski definition) is 1. The molecule has 0 fully saturated rings. The number of ether oxygens (including phenoxy) is 1. The van der Waals surface area contributed by atoms with Crippen LogP contribution in [-0.4, -0.2) is 19.1 Å². The summed E-state index contributed by atoms with van der Waals surface area (Å²) in [7, 11) is 0. The Hall–Kier alpha value is -0.830. The second-order valence-electron chi connectivity index (χ2n) is 2.99. The summed E-state index contributed by atoms with van der Waals surface area (Å²) < 4.78 is 4.96. The number of carbonyl (C=O) groups excluding carboxylic acids is 1. The first-order valence-electron chi connectivity index (χ1n) is 4.77. The lowest BCUT2D eigenvalue weighted by Crippen LogP contribution is -2.09. The fraction of sp³-hybridized carbons (Fsp3) is 0.700. The molecule has 0 bridgehead atoms. The van der Waals surface area contributed by atoms with Gasteiger partial charge in [0.2, 0.25) is 0 Å². The number of carbonyl (C=O) groups is 1. The van der Waals surface area contributed by atoms with Gasteiger partial charge in [-0.1, -0.05) is 19.9 Å². The maximum atomic E-state index is 11.2. The highest BCUT2D eigenvalue weighted by atomic mass is 16.5. The highest BCUT2D eigenvalue weighted by molar-refractivity contribution is 5.87. The van der Waals surface area contributed by atoms with Crippen LogP contribution in [0.25, 0.3) is 0 Å². The number of nitrogens with two attached hydrogens (primary N) is 1. The van der Waals surface area contributed by atoms with E-state index in [1.54, 1.807) is 0 Å². The Morgan fingerprint density at radius 2 is 2.15 bits per heavy atom. The van der Waals surface area contributed by atoms with Crippen molar-refractivity contribution in [2.24, 2.45) is 5.73 Å². The van der Waals surface area contributed by atoms with Gasteiger partial charge in [-0.25, -0.2) is 4.79 Å². The zero-order chi connectivity index (χ0) is 10.1. The Balaban J connectivity index is 3.51. The van der Waals surface area contributed by atoms with Crippen LogP contribution < -0.4 is 5.73 Å². The second-order valence-corrected chi connectivity index (χ2v) is 2.99. The lowest BCUT2D eigenvalue weighted by Gasteiger charge is -2.05. The van der Waals surface area contributed by atoms with Crippen molar-refractivity contribution in [2.75, 3.05) is 13.2 Å². The van der Waals surface area contributed by atoms with Gasteiger partial charge >= 0.3 is 5.97 Å². The minimum atomic E-state index is -0.276. The topological polar surface area (TPSA) is 52.3 Å². The molecule has 0 aromatic rings. The van der Waals surface area contributed by atoms with E-state index in [-0.39, 0.29) is 5.97 Å². The molecule has 0 aliphatic heterocycles. The summed E-state index contributed by atoms with van der Waals surface area (Å²) in [5.41, 5.74) is 5.83. The molecule has 76 valence electrons. The van der Waals surface area contributed by atoms with Crippen LogP contribution >= 0.6 is 0 Å². The summed E-state index contributed by atoms with van der Waals surface area (Å²) >= 11 is 0. The average Bonchev–Trinajstić information content (AvgIpc) is 2.14. The van der Waals surface area contributed by atoms with E-state index < -0.39 is 0 Å². The van der Waals surface area contributed by atoms with Crippen LogP contribution in [0.15, 0.2) is 12.2 Å². The van der Waals surface area contributed by atoms with Gasteiger partial charge in [-0.15, -0.1) is 0 Å². The van der Waals surface area contributed by atoms with E-state index in [0.717, 1.165) is 19.3 Å². The largest absolute Gasteiger partial charge is 0.462 e. The van der Waals surface area contributed by atoms with Crippen molar-refractivity contribution in [1.82, 2.24) is 0 Å². The SMILES string of the molecule is C=C(CCCN)C(=O)OCCCC. The molecule has 0 saturated heterocycles. The predicted molar refractivity (Wildman–Crippen MR) is 53.3 cm³/mol. The van der Waals surface area contributed by atoms with Gasteiger partial charge in [-0.3, -0.25) is 0 Å². The minimum absolute atomic E-state index is 0.276. The maximum Gasteiger partial charge on any atom is 0.333 e. The number of hydrogen-bond acceptors (Lipinski definition) is 3. The molecule has 0 rings (SSSR count). The van der Waals surface area contributed by atoms with Gasteiger partial charge in [0.15, 0.2) is 0 Å². The first-order valence-corrected chi connectivity index (χ1v) is 4.77. The average molecular weight is 185 g/mol. The van der Waals surface area contributed by atoms with E-state index in [0.29, 0.717) is 25.1 Å². The molecule has 2 N–H and O–H groups in total. The Labute approximate surface area is 79.9 Å². The summed E-state index contributed by atoms with van der Waals surface area (Å²) in [5, 5.41) is 0. The first-order chi connectivity index (χ1) is 6.22. The molecule has 13 heavy (non-hydrogen) atoms. The highest BCUT2D eigenvalue weighted by Crippen LogP contribution is 2.04. The fourth-order valence-electron chi connectivity index (χ4n) is 0.829. The molecular formula is C10H19NO2. The third-order valence-electron chi connectivity index (χ3n) is 1.70. The first kappa shape index (κ1) is 12.2. The molecule has 0 saturated carbocycles. The van der Waals surface area contributed by atoms with Crippen LogP contribution in [0.4, 0.5) is 0 Å². The van der Waals surface area contributed by atoms with Gasteiger partial charge in [0.1, 0.15) is 0 Å². The summed E-state index contributed by atoms with van der Waals surface area (Å²) in [5.74, 6) is -0.276. The molecule has 0 aromatic carbocycles. The molecule has 0 heterocycles. The molecule has 3 heteroatoms. The van der Waals surface area contributed by atoms with Crippen molar-refractivity contribution in [3.63, 3.8) is 0 Å². The van der Waals surface area contributed by atoms with Crippen LogP contribution in [0.3, 0.4) is 0 Å². The molecule has 0 atom stereocenters. The molecule has 0 aromatic heterocycles. The van der Waals surface area contributed by atoms with Crippen molar-refractivity contribution < 1.29 is 9.53 Å². The zero-order valence-corrected chi connectivity index (χ0v) is 8.34. The molecule has 0 unspecified atom stereocenters. The summed E-state index contributed by atoms with van der Waals surface area (Å²) in [6.07, 6.45) is 3.38. The van der Waals surface area contributed by atoms with Gasteiger partial charge in [0.25, 0.3) is 0 Å². The molecule has 0 aliphatic rings. The van der Waals surface area contributed by atoms with Crippen molar-refractivity contribution >= 4 is 5.97 Å². The van der Waals surface area contributed by atoms with E-state index >= 15 is 0 Å². The maximum absolute atomic E-state index is 11.2. The molecule has 0 spiro atoms. The Bertz CT molecular complexity index is 166. The van der Waals surface area contributed by atoms with Crippen LogP contribution in [0.2, 0.25) is 0 Å². The Morgan fingerprint density at radius 3 is 2.69 bits per heavy atom. The summed E-state index contributed by atoms with van der Waals surface area (Å²) in [6, 6.07) is 0. The van der Waals surface area contributed by atoms with Crippen LogP contribution in [0.1, 0.15) is 32.6 Å². The van der Waals surface area contributed by atoms with E-state index in [4.69, 9.17) is 10.5 Å². The monoisotopic (exact) mass is 185 g/mol. The third kappa shape index (κ3) is 6.34. The van der Waals surface area contributed by atoms with E-state index in [9.17, 15) is 4.79 Å². The minimum Gasteiger partial charge on any atom is -0.462 e. The summed E-state index contributed by atoms with van der Waals surface area (Å²) in [4.78, 5) is 11.2. The standard InChI is InChI=1S/C10H19NO2/c1-3-4-8-13-10(12)9(2)6-5-7-11/h2-8,11H2,1H3. The highest BCUT2D eigenvalue weighted by Gasteiger charge is 2.06. The van der Waals surface area contributed by atoms with E-state index in [1.165, 1.54) is 0 Å². The number of esters is 1. The fourth-order valence-corrected chi connectivity index (χ4v) is 0.829. The second kappa shape index (κ2) is 7.80. The lowest BCUT2D eigenvalue weighted by molar-refractivity contribution is -0.139. The van der Waals surface area contributed by atoms with Crippen molar-refractivity contribution in [2.45, 2.75) is 32.6 Å². The molecule has 0 aliphatic carbocycles. The van der Waals surface area contributed by atoms with Crippen LogP contribution in [0.5, 0.6) is 0 Å². The third-order valence-corrected chi connectivity index (χ3v) is 1.70. The smallest absolute Gasteiger partial charge is 0.333 e. The van der Waals surface area contributed by atoms with Crippen molar-refractivity contribution in [3.05, 3.63) is 12.2 Å². The van der Waals surface area contributed by atoms with Crippen LogP contribution in [0, 0.1) is 0 Å². The van der Waals surface area contributed by atoms with E-state index in [2.05, 4.69) is 13.5 Å². The molecule has 0 amide bonds. The predicted octanol–water partition coefficient (Wildman–Crippen LogP) is 1.62. The molecule has 3 nitrogen and oxygen atoms in total. The van der Waals surface area contributed by atoms with Gasteiger partial charge < -0.3 is 10.5 Å². The van der Waals surface area contributed by atoms with Crippen LogP contribution in [-0.2, 0) is 9.53 Å². The summed E-state index contributed by atoms with van der Waals surface area (Å²) in [6.45, 7) is 6.78. The molecular weight excluding hydrogens is 166 g/mol. The van der Waals surface area contributed by atoms with E-state index in [1.807, 2.05) is 0 Å². The van der Waals surface area contributed by atoms with Gasteiger partial charge in [-0.2, -0.15) is 0 Å².